The van der Waals surface area contributed by atoms with Gasteiger partial charge in [0.2, 0.25) is 0 Å². The Hall–Kier alpha value is -2.21. The summed E-state index contributed by atoms with van der Waals surface area (Å²) in [5.41, 5.74) is 4.40. The number of aromatic nitrogens is 1. The summed E-state index contributed by atoms with van der Waals surface area (Å²) >= 11 is 0. The summed E-state index contributed by atoms with van der Waals surface area (Å²) in [7, 11) is 1.67. The van der Waals surface area contributed by atoms with Gasteiger partial charge in [0.1, 0.15) is 17.5 Å². The van der Waals surface area contributed by atoms with Crippen molar-refractivity contribution < 1.29 is 4.74 Å². The molecule has 1 aromatic heterocycles. The van der Waals surface area contributed by atoms with Crippen LogP contribution in [0.2, 0.25) is 0 Å². The number of benzene rings is 1. The van der Waals surface area contributed by atoms with E-state index in [0.717, 1.165) is 36.4 Å². The molecule has 3 rings (SSSR count). The summed E-state index contributed by atoms with van der Waals surface area (Å²) in [5.74, 6) is 0.857. The maximum atomic E-state index is 9.15. The molecular weight excluding hydrogens is 224 g/mol. The second-order valence-corrected chi connectivity index (χ2v) is 4.49. The van der Waals surface area contributed by atoms with Gasteiger partial charge in [0.25, 0.3) is 0 Å². The van der Waals surface area contributed by atoms with Crippen LogP contribution in [0, 0.1) is 11.3 Å². The molecule has 1 aromatic carbocycles. The van der Waals surface area contributed by atoms with E-state index in [-0.39, 0.29) is 0 Å². The first kappa shape index (κ1) is 10.9. The van der Waals surface area contributed by atoms with E-state index >= 15 is 0 Å². The molecule has 2 heterocycles. The minimum absolute atomic E-state index is 0.772. The third kappa shape index (κ3) is 1.58. The molecule has 90 valence electrons. The Morgan fingerprint density at radius 3 is 2.72 bits per heavy atom. The molecule has 0 spiro atoms. The zero-order valence-electron chi connectivity index (χ0n) is 10.3. The lowest BCUT2D eigenvalue weighted by Gasteiger charge is -2.04. The first-order chi connectivity index (χ1) is 8.83. The number of rotatable bonds is 2. The Kier molecular flexibility index (Phi) is 2.56. The highest BCUT2D eigenvalue weighted by molar-refractivity contribution is 5.69. The van der Waals surface area contributed by atoms with Gasteiger partial charge in [-0.3, -0.25) is 0 Å². The van der Waals surface area contributed by atoms with Crippen LogP contribution in [0.1, 0.15) is 17.8 Å². The van der Waals surface area contributed by atoms with E-state index in [4.69, 9.17) is 10.00 Å². The van der Waals surface area contributed by atoms with E-state index in [1.165, 1.54) is 11.3 Å². The molecular formula is C15H14N2O. The Balaban J connectivity index is 2.09. The van der Waals surface area contributed by atoms with Crippen LogP contribution in [0.25, 0.3) is 11.1 Å². The Morgan fingerprint density at radius 2 is 2.06 bits per heavy atom. The van der Waals surface area contributed by atoms with E-state index in [1.54, 1.807) is 7.11 Å². The van der Waals surface area contributed by atoms with Gasteiger partial charge in [-0.1, -0.05) is 12.1 Å². The number of hydrogen-bond acceptors (Lipinski definition) is 2. The van der Waals surface area contributed by atoms with Gasteiger partial charge in [-0.2, -0.15) is 5.26 Å². The first-order valence-electron chi connectivity index (χ1n) is 6.10. The molecule has 3 nitrogen and oxygen atoms in total. The van der Waals surface area contributed by atoms with E-state index in [2.05, 4.69) is 22.8 Å². The highest BCUT2D eigenvalue weighted by Gasteiger charge is 2.20. The van der Waals surface area contributed by atoms with Crippen LogP contribution in [0.4, 0.5) is 0 Å². The van der Waals surface area contributed by atoms with Crippen LogP contribution in [-0.2, 0) is 13.0 Å². The predicted molar refractivity (Wildman–Crippen MR) is 69.5 cm³/mol. The fourth-order valence-corrected chi connectivity index (χ4v) is 2.63. The molecule has 1 aliphatic heterocycles. The van der Waals surface area contributed by atoms with Crippen molar-refractivity contribution in [2.75, 3.05) is 7.11 Å². The van der Waals surface area contributed by atoms with Crippen molar-refractivity contribution in [2.45, 2.75) is 19.4 Å². The van der Waals surface area contributed by atoms with Crippen molar-refractivity contribution in [2.24, 2.45) is 0 Å². The summed E-state index contributed by atoms with van der Waals surface area (Å²) < 4.78 is 7.30. The number of hydrogen-bond donors (Lipinski definition) is 0. The molecule has 0 amide bonds. The van der Waals surface area contributed by atoms with Gasteiger partial charge in [-0.25, -0.2) is 0 Å². The molecule has 0 atom stereocenters. The topological polar surface area (TPSA) is 37.9 Å². The van der Waals surface area contributed by atoms with Crippen molar-refractivity contribution in [3.8, 4) is 22.9 Å². The Morgan fingerprint density at radius 1 is 1.28 bits per heavy atom. The summed E-state index contributed by atoms with van der Waals surface area (Å²) in [6, 6.07) is 12.3. The first-order valence-corrected chi connectivity index (χ1v) is 6.10. The van der Waals surface area contributed by atoms with E-state index in [1.807, 2.05) is 18.2 Å². The van der Waals surface area contributed by atoms with Crippen molar-refractivity contribution in [1.82, 2.24) is 4.57 Å². The highest BCUT2D eigenvalue weighted by Crippen LogP contribution is 2.32. The third-order valence-electron chi connectivity index (χ3n) is 3.52. The Labute approximate surface area is 106 Å². The maximum Gasteiger partial charge on any atom is 0.121 e. The normalized spacial score (nSPS) is 13.1. The number of methoxy groups -OCH3 is 1. The molecule has 3 heteroatoms. The second kappa shape index (κ2) is 4.23. The van der Waals surface area contributed by atoms with E-state index < -0.39 is 0 Å². The molecule has 1 aliphatic rings. The van der Waals surface area contributed by atoms with Crippen molar-refractivity contribution in [1.29, 1.82) is 5.26 Å². The van der Waals surface area contributed by atoms with Crippen LogP contribution in [0.5, 0.6) is 5.75 Å². The lowest BCUT2D eigenvalue weighted by molar-refractivity contribution is 0.415. The summed E-state index contributed by atoms with van der Waals surface area (Å²) in [6.45, 7) is 0.967. The average molecular weight is 238 g/mol. The quantitative estimate of drug-likeness (QED) is 0.806. The fraction of sp³-hybridized carbons (Fsp3) is 0.267. The molecule has 0 fully saturated rings. The largest absolute Gasteiger partial charge is 0.497 e. The van der Waals surface area contributed by atoms with E-state index in [9.17, 15) is 0 Å². The molecule has 2 aromatic rings. The molecule has 0 bridgehead atoms. The van der Waals surface area contributed by atoms with Gasteiger partial charge < -0.3 is 9.30 Å². The summed E-state index contributed by atoms with van der Waals surface area (Å²) in [4.78, 5) is 0. The molecule has 0 saturated heterocycles. The number of nitriles is 1. The standard InChI is InChI=1S/C15H14N2O/c1-18-13-6-4-11(5-7-13)14-9-12(10-16)17-8-2-3-15(14)17/h4-7,9H,2-3,8H2,1H3. The van der Waals surface area contributed by atoms with Crippen LogP contribution < -0.4 is 4.74 Å². The predicted octanol–water partition coefficient (Wildman–Crippen LogP) is 2.98. The summed E-state index contributed by atoms with van der Waals surface area (Å²) in [5, 5.41) is 9.15. The number of ether oxygens (including phenoxy) is 1. The van der Waals surface area contributed by atoms with E-state index in [0.29, 0.717) is 0 Å². The van der Waals surface area contributed by atoms with Crippen LogP contribution in [0.3, 0.4) is 0 Å². The van der Waals surface area contributed by atoms with Gasteiger partial charge in [-0.15, -0.1) is 0 Å². The molecule has 0 saturated carbocycles. The maximum absolute atomic E-state index is 9.15. The highest BCUT2D eigenvalue weighted by atomic mass is 16.5. The lowest BCUT2D eigenvalue weighted by Crippen LogP contribution is -1.94. The van der Waals surface area contributed by atoms with Crippen molar-refractivity contribution in [3.05, 3.63) is 41.7 Å². The summed E-state index contributed by atoms with van der Waals surface area (Å²) in [6.07, 6.45) is 2.19. The average Bonchev–Trinajstić information content (AvgIpc) is 3.00. The zero-order valence-corrected chi connectivity index (χ0v) is 10.3. The zero-order chi connectivity index (χ0) is 12.5. The number of nitrogens with zero attached hydrogens (tertiary/aromatic N) is 2. The van der Waals surface area contributed by atoms with Crippen LogP contribution in [-0.4, -0.2) is 11.7 Å². The van der Waals surface area contributed by atoms with Gasteiger partial charge in [-0.05, 0) is 36.6 Å². The monoisotopic (exact) mass is 238 g/mol. The number of fused-ring (bicyclic) bond motifs is 1. The van der Waals surface area contributed by atoms with Crippen molar-refractivity contribution >= 4 is 0 Å². The molecule has 0 aliphatic carbocycles. The molecule has 0 unspecified atom stereocenters. The molecule has 0 N–H and O–H groups in total. The van der Waals surface area contributed by atoms with Gasteiger partial charge in [0, 0.05) is 17.8 Å². The van der Waals surface area contributed by atoms with Crippen molar-refractivity contribution in [3.63, 3.8) is 0 Å². The molecule has 18 heavy (non-hydrogen) atoms. The fourth-order valence-electron chi connectivity index (χ4n) is 2.63. The van der Waals surface area contributed by atoms with Gasteiger partial charge in [0.05, 0.1) is 7.11 Å². The SMILES string of the molecule is COc1ccc(-c2cc(C#N)n3c2CCC3)cc1. The molecule has 0 radical (unpaired) electrons. The Bertz CT molecular complexity index is 617. The third-order valence-corrected chi connectivity index (χ3v) is 3.52. The minimum Gasteiger partial charge on any atom is -0.497 e. The van der Waals surface area contributed by atoms with Gasteiger partial charge >= 0.3 is 0 Å². The minimum atomic E-state index is 0.772. The van der Waals surface area contributed by atoms with Gasteiger partial charge in [0.15, 0.2) is 0 Å². The van der Waals surface area contributed by atoms with Crippen LogP contribution in [0.15, 0.2) is 30.3 Å². The lowest BCUT2D eigenvalue weighted by atomic mass is 10.0. The smallest absolute Gasteiger partial charge is 0.121 e. The van der Waals surface area contributed by atoms with Crippen LogP contribution >= 0.6 is 0 Å². The second-order valence-electron chi connectivity index (χ2n) is 4.49.